The Morgan fingerprint density at radius 1 is 1.00 bits per heavy atom. The van der Waals surface area contributed by atoms with Crippen LogP contribution in [0.4, 0.5) is 0 Å². The fourth-order valence-corrected chi connectivity index (χ4v) is 3.14. The highest BCUT2D eigenvalue weighted by atomic mass is 16.5. The molecule has 17 heavy (non-hydrogen) atoms. The number of hydrogen-bond acceptors (Lipinski definition) is 2. The van der Waals surface area contributed by atoms with Gasteiger partial charge < -0.3 is 4.74 Å². The summed E-state index contributed by atoms with van der Waals surface area (Å²) in [5, 5.41) is 0. The molecule has 98 valence electrons. The van der Waals surface area contributed by atoms with Crippen molar-refractivity contribution in [1.82, 2.24) is 0 Å². The number of ether oxygens (including phenoxy) is 1. The molecule has 2 aliphatic carbocycles. The van der Waals surface area contributed by atoms with Gasteiger partial charge >= 0.3 is 0 Å². The van der Waals surface area contributed by atoms with Gasteiger partial charge in [-0.1, -0.05) is 26.2 Å². The second kappa shape index (κ2) is 6.53. The molecule has 0 amide bonds. The molecule has 0 spiro atoms. The fourth-order valence-electron chi connectivity index (χ4n) is 3.14. The molecule has 0 aliphatic heterocycles. The zero-order chi connectivity index (χ0) is 12.1. The summed E-state index contributed by atoms with van der Waals surface area (Å²) in [4.78, 5) is 12.0. The first-order valence-corrected chi connectivity index (χ1v) is 7.40. The average molecular weight is 238 g/mol. The van der Waals surface area contributed by atoms with Crippen molar-refractivity contribution in [2.45, 2.75) is 70.8 Å². The number of ketones is 1. The van der Waals surface area contributed by atoms with Gasteiger partial charge in [0.1, 0.15) is 6.61 Å². The van der Waals surface area contributed by atoms with E-state index in [1.807, 2.05) is 0 Å². The lowest BCUT2D eigenvalue weighted by Crippen LogP contribution is -2.27. The van der Waals surface area contributed by atoms with E-state index in [0.29, 0.717) is 24.4 Å². The minimum atomic E-state index is 0.311. The third-order valence-electron chi connectivity index (χ3n) is 4.48. The molecule has 0 unspecified atom stereocenters. The van der Waals surface area contributed by atoms with E-state index in [2.05, 4.69) is 6.92 Å². The molecule has 0 bridgehead atoms. The maximum atomic E-state index is 12.0. The topological polar surface area (TPSA) is 26.3 Å². The van der Waals surface area contributed by atoms with Gasteiger partial charge in [-0.05, 0) is 44.4 Å². The molecule has 2 heteroatoms. The maximum absolute atomic E-state index is 12.0. The summed E-state index contributed by atoms with van der Waals surface area (Å²) in [6.45, 7) is 2.69. The van der Waals surface area contributed by atoms with Gasteiger partial charge in [0.05, 0.1) is 6.10 Å². The molecule has 0 radical (unpaired) electrons. The summed E-state index contributed by atoms with van der Waals surface area (Å²) in [6, 6.07) is 0. The molecular weight excluding hydrogens is 212 g/mol. The molecule has 0 saturated heterocycles. The van der Waals surface area contributed by atoms with Gasteiger partial charge in [0.25, 0.3) is 0 Å². The Hall–Kier alpha value is -0.370. The van der Waals surface area contributed by atoms with Crippen molar-refractivity contribution in [3.63, 3.8) is 0 Å². The predicted molar refractivity (Wildman–Crippen MR) is 69.0 cm³/mol. The lowest BCUT2D eigenvalue weighted by Gasteiger charge is -2.27. The molecule has 0 aromatic heterocycles. The van der Waals surface area contributed by atoms with Gasteiger partial charge in [-0.15, -0.1) is 0 Å². The molecule has 0 atom stereocenters. The van der Waals surface area contributed by atoms with Gasteiger partial charge in [-0.3, -0.25) is 4.79 Å². The van der Waals surface area contributed by atoms with Crippen LogP contribution in [0.1, 0.15) is 64.7 Å². The van der Waals surface area contributed by atoms with Crippen LogP contribution in [0.3, 0.4) is 0 Å². The van der Waals surface area contributed by atoms with Crippen LogP contribution >= 0.6 is 0 Å². The first-order chi connectivity index (χ1) is 8.25. The lowest BCUT2D eigenvalue weighted by atomic mass is 9.86. The van der Waals surface area contributed by atoms with Crippen LogP contribution in [0.5, 0.6) is 0 Å². The smallest absolute Gasteiger partial charge is 0.161 e. The normalized spacial score (nSPS) is 31.4. The van der Waals surface area contributed by atoms with Crippen LogP contribution in [0.2, 0.25) is 0 Å². The van der Waals surface area contributed by atoms with Crippen molar-refractivity contribution in [1.29, 1.82) is 0 Å². The quantitative estimate of drug-likeness (QED) is 0.746. The molecule has 0 N–H and O–H groups in total. The van der Waals surface area contributed by atoms with Gasteiger partial charge in [-0.2, -0.15) is 0 Å². The molecule has 2 saturated carbocycles. The number of rotatable bonds is 4. The Morgan fingerprint density at radius 3 is 2.29 bits per heavy atom. The Bertz CT molecular complexity index is 235. The standard InChI is InChI=1S/C15H26O2/c1-12-7-9-14(10-8-12)17-11-15(16)13-5-3-2-4-6-13/h12-14H,2-11H2,1H3. The van der Waals surface area contributed by atoms with E-state index in [-0.39, 0.29) is 0 Å². The highest BCUT2D eigenvalue weighted by Crippen LogP contribution is 2.27. The molecule has 2 nitrogen and oxygen atoms in total. The number of hydrogen-bond donors (Lipinski definition) is 0. The highest BCUT2D eigenvalue weighted by molar-refractivity contribution is 5.82. The third kappa shape index (κ3) is 4.09. The predicted octanol–water partition coefficient (Wildman–Crippen LogP) is 3.73. The third-order valence-corrected chi connectivity index (χ3v) is 4.48. The van der Waals surface area contributed by atoms with Crippen LogP contribution in [-0.2, 0) is 9.53 Å². The van der Waals surface area contributed by atoms with Crippen molar-refractivity contribution < 1.29 is 9.53 Å². The number of carbonyl (C=O) groups is 1. The van der Waals surface area contributed by atoms with E-state index >= 15 is 0 Å². The van der Waals surface area contributed by atoms with Crippen LogP contribution < -0.4 is 0 Å². The van der Waals surface area contributed by atoms with E-state index < -0.39 is 0 Å². The molecule has 2 aliphatic rings. The van der Waals surface area contributed by atoms with E-state index in [9.17, 15) is 4.79 Å². The van der Waals surface area contributed by atoms with E-state index in [0.717, 1.165) is 31.6 Å². The van der Waals surface area contributed by atoms with E-state index in [4.69, 9.17) is 4.74 Å². The van der Waals surface area contributed by atoms with Crippen LogP contribution in [0.15, 0.2) is 0 Å². The summed E-state index contributed by atoms with van der Waals surface area (Å²) in [5.41, 5.74) is 0. The zero-order valence-corrected chi connectivity index (χ0v) is 11.1. The van der Waals surface area contributed by atoms with Crippen LogP contribution in [0, 0.1) is 11.8 Å². The molecular formula is C15H26O2. The number of Topliss-reactive ketones (excluding diaryl/α,β-unsaturated/α-hetero) is 1. The summed E-state index contributed by atoms with van der Waals surface area (Å²) in [5.74, 6) is 1.53. The van der Waals surface area contributed by atoms with Gasteiger partial charge in [0, 0.05) is 5.92 Å². The first-order valence-electron chi connectivity index (χ1n) is 7.40. The first kappa shape index (κ1) is 13.1. The number of carbonyl (C=O) groups excluding carboxylic acids is 1. The molecule has 2 fully saturated rings. The van der Waals surface area contributed by atoms with E-state index in [1.165, 1.54) is 32.1 Å². The summed E-state index contributed by atoms with van der Waals surface area (Å²) >= 11 is 0. The average Bonchev–Trinajstić information content (AvgIpc) is 2.39. The molecule has 2 rings (SSSR count). The summed E-state index contributed by atoms with van der Waals surface area (Å²) < 4.78 is 5.80. The van der Waals surface area contributed by atoms with Gasteiger partial charge in [-0.25, -0.2) is 0 Å². The lowest BCUT2D eigenvalue weighted by molar-refractivity contribution is -0.131. The van der Waals surface area contributed by atoms with Crippen LogP contribution in [0.25, 0.3) is 0 Å². The molecule has 0 heterocycles. The zero-order valence-electron chi connectivity index (χ0n) is 11.1. The largest absolute Gasteiger partial charge is 0.370 e. The second-order valence-electron chi connectivity index (χ2n) is 5.99. The fraction of sp³-hybridized carbons (Fsp3) is 0.933. The minimum Gasteiger partial charge on any atom is -0.370 e. The minimum absolute atomic E-state index is 0.311. The Labute approximate surface area is 105 Å². The van der Waals surface area contributed by atoms with Crippen LogP contribution in [-0.4, -0.2) is 18.5 Å². The van der Waals surface area contributed by atoms with Crippen molar-refractivity contribution in [3.05, 3.63) is 0 Å². The van der Waals surface area contributed by atoms with Crippen molar-refractivity contribution in [2.24, 2.45) is 11.8 Å². The highest BCUT2D eigenvalue weighted by Gasteiger charge is 2.23. The van der Waals surface area contributed by atoms with Gasteiger partial charge in [0.2, 0.25) is 0 Å². The van der Waals surface area contributed by atoms with Crippen molar-refractivity contribution in [2.75, 3.05) is 6.61 Å². The Morgan fingerprint density at radius 2 is 1.65 bits per heavy atom. The Balaban J connectivity index is 1.65. The monoisotopic (exact) mass is 238 g/mol. The van der Waals surface area contributed by atoms with Gasteiger partial charge in [0.15, 0.2) is 5.78 Å². The summed E-state index contributed by atoms with van der Waals surface area (Å²) in [7, 11) is 0. The van der Waals surface area contributed by atoms with Crippen molar-refractivity contribution >= 4 is 5.78 Å². The van der Waals surface area contributed by atoms with E-state index in [1.54, 1.807) is 0 Å². The SMILES string of the molecule is CC1CCC(OCC(=O)C2CCCCC2)CC1. The molecule has 0 aromatic rings. The second-order valence-corrected chi connectivity index (χ2v) is 5.99. The maximum Gasteiger partial charge on any atom is 0.161 e. The van der Waals surface area contributed by atoms with Crippen molar-refractivity contribution in [3.8, 4) is 0 Å². The Kier molecular flexibility index (Phi) is 5.02. The molecule has 0 aromatic carbocycles. The summed E-state index contributed by atoms with van der Waals surface area (Å²) in [6.07, 6.45) is 11.2.